The molecule has 9 heteroatoms. The van der Waals surface area contributed by atoms with Gasteiger partial charge in [-0.3, -0.25) is 0 Å². The van der Waals surface area contributed by atoms with Gasteiger partial charge in [0, 0.05) is 83.6 Å². The lowest BCUT2D eigenvalue weighted by atomic mass is 9.31. The van der Waals surface area contributed by atoms with E-state index in [2.05, 4.69) is 340 Å². The first-order chi connectivity index (χ1) is 43.1. The largest absolute Gasteiger partial charge is 0.311 e. The first-order valence-electron chi connectivity index (χ1n) is 29.7. The van der Waals surface area contributed by atoms with E-state index in [0.717, 1.165) is 128 Å². The maximum Gasteiger partial charge on any atom is 0.252 e. The number of hydrogen-bond donors (Lipinski definition) is 0. The SMILES string of the molecule is Fc1c2c(cc3c1N(c1ccccc1-c1ccccc1)c1cc(N(c4ccccc4)c4ccccc4)cc4c1B3c1ccccc1N4c1ccccc1)B1c3ccccc3N(c3ccccc3)c3cc(N(c4ccccc4)c4ccccc4)cc(c31)S2. The summed E-state index contributed by atoms with van der Waals surface area (Å²) in [5.41, 5.74) is 23.0. The number of rotatable bonds is 10. The molecule has 87 heavy (non-hydrogen) atoms. The monoisotopic (exact) mass is 1130 g/mol. The summed E-state index contributed by atoms with van der Waals surface area (Å²) >= 11 is 1.56. The smallest absolute Gasteiger partial charge is 0.252 e. The fourth-order valence-corrected chi connectivity index (χ4v) is 15.3. The zero-order valence-corrected chi connectivity index (χ0v) is 48.0. The van der Waals surface area contributed by atoms with Crippen LogP contribution in [0.25, 0.3) is 11.1 Å². The molecule has 408 valence electrons. The Kier molecular flexibility index (Phi) is 12.1. The molecule has 13 aromatic rings. The van der Waals surface area contributed by atoms with Crippen LogP contribution >= 0.6 is 11.8 Å². The van der Waals surface area contributed by atoms with Crippen molar-refractivity contribution in [3.8, 4) is 11.1 Å². The fourth-order valence-electron chi connectivity index (χ4n) is 14.1. The highest BCUT2D eigenvalue weighted by Gasteiger charge is 2.49. The summed E-state index contributed by atoms with van der Waals surface area (Å²) in [4.78, 5) is 13.4. The number of fused-ring (bicyclic) bond motifs is 8. The van der Waals surface area contributed by atoms with Gasteiger partial charge in [-0.25, -0.2) is 4.39 Å². The maximum absolute atomic E-state index is 20.5. The topological polar surface area (TPSA) is 16.2 Å². The summed E-state index contributed by atoms with van der Waals surface area (Å²) in [6, 6.07) is 112. The summed E-state index contributed by atoms with van der Waals surface area (Å²) in [6.07, 6.45) is 0. The van der Waals surface area contributed by atoms with Gasteiger partial charge in [-0.15, -0.1) is 0 Å². The van der Waals surface area contributed by atoms with E-state index in [1.54, 1.807) is 11.8 Å². The number of benzene rings is 13. The van der Waals surface area contributed by atoms with Crippen LogP contribution < -0.4 is 57.3 Å². The molecule has 4 heterocycles. The Morgan fingerprint density at radius 3 is 1.17 bits per heavy atom. The molecule has 4 aliphatic heterocycles. The first-order valence-corrected chi connectivity index (χ1v) is 30.5. The molecule has 0 saturated carbocycles. The lowest BCUT2D eigenvalue weighted by molar-refractivity contribution is 0.606. The van der Waals surface area contributed by atoms with Gasteiger partial charge >= 0.3 is 0 Å². The van der Waals surface area contributed by atoms with Crippen LogP contribution in [0.1, 0.15) is 0 Å². The second-order valence-corrected chi connectivity index (χ2v) is 23.5. The van der Waals surface area contributed by atoms with E-state index in [-0.39, 0.29) is 19.2 Å². The summed E-state index contributed by atoms with van der Waals surface area (Å²) in [5, 5.41) is 0. The third kappa shape index (κ3) is 8.18. The second kappa shape index (κ2) is 20.8. The van der Waals surface area contributed by atoms with Gasteiger partial charge in [0.1, 0.15) is 0 Å². The Balaban J connectivity index is 0.986. The minimum absolute atomic E-state index is 0.248. The Hall–Kier alpha value is -10.7. The predicted octanol–water partition coefficient (Wildman–Crippen LogP) is 17.3. The van der Waals surface area contributed by atoms with Crippen molar-refractivity contribution < 1.29 is 4.39 Å². The number of hydrogen-bond acceptors (Lipinski definition) is 6. The van der Waals surface area contributed by atoms with Crippen molar-refractivity contribution in [2.24, 2.45) is 0 Å². The van der Waals surface area contributed by atoms with E-state index in [4.69, 9.17) is 0 Å². The lowest BCUT2D eigenvalue weighted by Gasteiger charge is -2.46. The van der Waals surface area contributed by atoms with Crippen molar-refractivity contribution in [1.29, 1.82) is 0 Å². The average Bonchev–Trinajstić information content (AvgIpc) is 0.728. The van der Waals surface area contributed by atoms with E-state index >= 15 is 4.39 Å². The summed E-state index contributed by atoms with van der Waals surface area (Å²) in [5.74, 6) is -0.248. The number of anilines is 15. The van der Waals surface area contributed by atoms with Crippen LogP contribution in [0.4, 0.5) is 89.7 Å². The van der Waals surface area contributed by atoms with Gasteiger partial charge in [0.25, 0.3) is 6.71 Å². The molecule has 0 unspecified atom stereocenters. The molecule has 0 saturated heterocycles. The van der Waals surface area contributed by atoms with Crippen molar-refractivity contribution in [3.05, 3.63) is 321 Å². The molecule has 4 aliphatic rings. The summed E-state index contributed by atoms with van der Waals surface area (Å²) in [7, 11) is 0. The van der Waals surface area contributed by atoms with Crippen LogP contribution in [-0.2, 0) is 0 Å². The van der Waals surface area contributed by atoms with Crippen molar-refractivity contribution in [3.63, 3.8) is 0 Å². The van der Waals surface area contributed by atoms with E-state index in [0.29, 0.717) is 10.6 Å². The van der Waals surface area contributed by atoms with Crippen LogP contribution in [0.3, 0.4) is 0 Å². The minimum atomic E-state index is -0.379. The van der Waals surface area contributed by atoms with Gasteiger partial charge in [0.05, 0.1) is 17.1 Å². The average molecular weight is 1130 g/mol. The number of para-hydroxylation sites is 9. The predicted molar refractivity (Wildman–Crippen MR) is 365 cm³/mol. The molecule has 0 fully saturated rings. The summed E-state index contributed by atoms with van der Waals surface area (Å²) in [6.45, 7) is -0.702. The Morgan fingerprint density at radius 2 is 0.678 bits per heavy atom. The van der Waals surface area contributed by atoms with Crippen LogP contribution in [0.5, 0.6) is 0 Å². The Morgan fingerprint density at radius 1 is 0.299 bits per heavy atom. The van der Waals surface area contributed by atoms with Crippen molar-refractivity contribution in [2.75, 3.05) is 24.5 Å². The standard InChI is InChI=1S/C78H52B2FN5S/c81-76-77-65(52-66-78(76)87-73-51-61(83(56-34-14-4-15-35-56)57-36-16-5-17-37-57)50-72-75(73)80(66)64-44-24-27-47-69(64)85(72)59-40-20-7-21-41-59)79-63-43-23-26-46-68(63)84(58-38-18-6-19-39-58)70-48-60(82(54-30-10-2-11-31-54)55-32-12-3-13-33-55)49-71(74(70)79)86(77)67-45-25-22-42-62(67)53-28-8-1-9-29-53/h1-52H. The molecule has 0 bridgehead atoms. The molecule has 5 nitrogen and oxygen atoms in total. The fraction of sp³-hybridized carbons (Fsp3) is 0. The van der Waals surface area contributed by atoms with Crippen LogP contribution in [-0.4, -0.2) is 13.4 Å². The number of nitrogens with zero attached hydrogens (tertiary/aromatic N) is 5. The molecular weight excluding hydrogens is 1080 g/mol. The molecule has 17 rings (SSSR count). The van der Waals surface area contributed by atoms with Gasteiger partial charge in [-0.05, 0) is 148 Å². The lowest BCUT2D eigenvalue weighted by Crippen LogP contribution is -2.65. The highest BCUT2D eigenvalue weighted by atomic mass is 32.2. The second-order valence-electron chi connectivity index (χ2n) is 22.5. The molecule has 0 radical (unpaired) electrons. The highest BCUT2D eigenvalue weighted by molar-refractivity contribution is 8.00. The quantitative estimate of drug-likeness (QED) is 0.126. The van der Waals surface area contributed by atoms with E-state index in [9.17, 15) is 0 Å². The van der Waals surface area contributed by atoms with Gasteiger partial charge in [0.15, 0.2) is 5.82 Å². The molecule has 0 aromatic heterocycles. The molecule has 0 N–H and O–H groups in total. The molecule has 0 aliphatic carbocycles. The van der Waals surface area contributed by atoms with Crippen molar-refractivity contribution in [2.45, 2.75) is 9.79 Å². The van der Waals surface area contributed by atoms with Crippen molar-refractivity contribution in [1.82, 2.24) is 0 Å². The maximum atomic E-state index is 20.5. The molecule has 0 spiro atoms. The van der Waals surface area contributed by atoms with Crippen molar-refractivity contribution >= 4 is 143 Å². The summed E-state index contributed by atoms with van der Waals surface area (Å²) < 4.78 is 20.5. The van der Waals surface area contributed by atoms with Crippen LogP contribution in [0.2, 0.25) is 0 Å². The normalized spacial score (nSPS) is 13.0. The van der Waals surface area contributed by atoms with Crippen LogP contribution in [0, 0.1) is 5.82 Å². The number of halogens is 1. The van der Waals surface area contributed by atoms with Crippen LogP contribution in [0.15, 0.2) is 325 Å². The molecule has 0 atom stereocenters. The zero-order valence-electron chi connectivity index (χ0n) is 47.2. The highest BCUT2D eigenvalue weighted by Crippen LogP contribution is 2.53. The van der Waals surface area contributed by atoms with E-state index < -0.39 is 0 Å². The molecule has 0 amide bonds. The van der Waals surface area contributed by atoms with Gasteiger partial charge in [-0.2, -0.15) is 0 Å². The van der Waals surface area contributed by atoms with Gasteiger partial charge in [0.2, 0.25) is 6.71 Å². The first kappa shape index (κ1) is 50.8. The Labute approximate surface area is 511 Å². The third-order valence-electron chi connectivity index (χ3n) is 17.6. The molecule has 13 aromatic carbocycles. The van der Waals surface area contributed by atoms with Gasteiger partial charge < -0.3 is 24.5 Å². The third-order valence-corrected chi connectivity index (χ3v) is 18.8. The van der Waals surface area contributed by atoms with E-state index in [1.807, 2.05) is 0 Å². The Bertz CT molecular complexity index is 4700. The van der Waals surface area contributed by atoms with E-state index in [1.165, 1.54) is 0 Å². The van der Waals surface area contributed by atoms with Gasteiger partial charge in [-0.1, -0.05) is 217 Å². The molecular formula is C78H52B2FN5S. The minimum Gasteiger partial charge on any atom is -0.311 e. The zero-order chi connectivity index (χ0) is 57.5.